The number of nitriles is 1. The van der Waals surface area contributed by atoms with Crippen LogP contribution in [0.5, 0.6) is 0 Å². The maximum atomic E-state index is 12.8. The average molecular weight is 478 g/mol. The Labute approximate surface area is 193 Å². The Morgan fingerprint density at radius 2 is 2.09 bits per heavy atom. The van der Waals surface area contributed by atoms with Gasteiger partial charge in [-0.1, -0.05) is 0 Å². The van der Waals surface area contributed by atoms with E-state index in [4.69, 9.17) is 0 Å². The number of piperazine rings is 1. The lowest BCUT2D eigenvalue weighted by Gasteiger charge is -2.33. The van der Waals surface area contributed by atoms with Crippen molar-refractivity contribution in [1.82, 2.24) is 19.8 Å². The second-order valence-corrected chi connectivity index (χ2v) is 8.42. The summed E-state index contributed by atoms with van der Waals surface area (Å²) in [6.07, 6.45) is 0.454. The van der Waals surface area contributed by atoms with Gasteiger partial charge >= 0.3 is 0 Å². The third-order valence-corrected chi connectivity index (χ3v) is 6.27. The van der Waals surface area contributed by atoms with Crippen molar-refractivity contribution in [1.29, 1.82) is 5.26 Å². The first-order valence-electron chi connectivity index (χ1n) is 10.4. The fourth-order valence-corrected chi connectivity index (χ4v) is 4.40. The average Bonchev–Trinajstić information content (AvgIpc) is 3.12. The number of aromatic nitrogens is 2. The van der Waals surface area contributed by atoms with Gasteiger partial charge in [0.25, 0.3) is 17.9 Å². The van der Waals surface area contributed by atoms with Gasteiger partial charge < -0.3 is 20.4 Å². The van der Waals surface area contributed by atoms with Crippen LogP contribution in [-0.4, -0.2) is 66.6 Å². The summed E-state index contributed by atoms with van der Waals surface area (Å²) in [5.41, 5.74) is -0.0243. The lowest BCUT2D eigenvalue weighted by Crippen LogP contribution is -2.44. The molecule has 3 rings (SSSR count). The van der Waals surface area contributed by atoms with Gasteiger partial charge in [0.1, 0.15) is 21.1 Å². The van der Waals surface area contributed by atoms with Crippen molar-refractivity contribution in [2.24, 2.45) is 0 Å². The third kappa shape index (κ3) is 5.94. The minimum atomic E-state index is -2.74. The van der Waals surface area contributed by atoms with E-state index in [0.29, 0.717) is 0 Å². The third-order valence-electron chi connectivity index (χ3n) is 5.14. The molecule has 1 fully saturated rings. The molecule has 0 aromatic carbocycles. The van der Waals surface area contributed by atoms with Crippen LogP contribution in [0, 0.1) is 11.3 Å². The number of likely N-dealkylation sites (N-methyl/N-ethyl adjacent to an activating group) is 1. The first kappa shape index (κ1) is 24.3. The Bertz CT molecular complexity index is 1210. The summed E-state index contributed by atoms with van der Waals surface area (Å²) >= 11 is 0.951. The topological polar surface area (TPSA) is 106 Å². The molecule has 2 aromatic heterocycles. The Hall–Kier alpha value is -3.30. The number of pyridine rings is 1. The zero-order valence-electron chi connectivity index (χ0n) is 18.3. The number of anilines is 2. The molecule has 0 saturated carbocycles. The van der Waals surface area contributed by atoms with Crippen molar-refractivity contribution >= 4 is 40.5 Å². The van der Waals surface area contributed by atoms with Crippen LogP contribution in [0.15, 0.2) is 23.1 Å². The molecular formula is C21H25F2N7O2S. The summed E-state index contributed by atoms with van der Waals surface area (Å²) in [6.45, 7) is 4.68. The number of rotatable bonds is 7. The molecule has 0 aliphatic carbocycles. The summed E-state index contributed by atoms with van der Waals surface area (Å²) in [7, 11) is 2.08. The number of amides is 1. The second kappa shape index (κ2) is 11.0. The predicted octanol–water partition coefficient (Wildman–Crippen LogP) is -0.0178. The highest BCUT2D eigenvalue weighted by atomic mass is 32.1. The lowest BCUT2D eigenvalue weighted by atomic mass is 10.3. The number of hydrogen-bond donors (Lipinski definition) is 2. The van der Waals surface area contributed by atoms with Crippen LogP contribution in [0.25, 0.3) is 11.8 Å². The molecule has 1 saturated heterocycles. The van der Waals surface area contributed by atoms with Crippen molar-refractivity contribution in [2.45, 2.75) is 19.9 Å². The zero-order chi connectivity index (χ0) is 24.0. The highest BCUT2D eigenvalue weighted by molar-refractivity contribution is 7.07. The van der Waals surface area contributed by atoms with E-state index in [2.05, 4.69) is 27.1 Å². The molecular weight excluding hydrogens is 452 g/mol. The van der Waals surface area contributed by atoms with Crippen molar-refractivity contribution in [3.63, 3.8) is 0 Å². The summed E-state index contributed by atoms with van der Waals surface area (Å²) in [4.78, 5) is 33.9. The van der Waals surface area contributed by atoms with Crippen LogP contribution >= 0.6 is 11.3 Å². The number of thiazole rings is 1. The van der Waals surface area contributed by atoms with Gasteiger partial charge in [0.05, 0.1) is 6.54 Å². The van der Waals surface area contributed by atoms with Crippen molar-refractivity contribution in [2.75, 3.05) is 50.0 Å². The molecule has 1 aliphatic rings. The molecule has 2 N–H and O–H groups in total. The highest BCUT2D eigenvalue weighted by Gasteiger charge is 2.17. The van der Waals surface area contributed by atoms with Crippen LogP contribution < -0.4 is 30.3 Å². The lowest BCUT2D eigenvalue weighted by molar-refractivity contribution is -0.116. The van der Waals surface area contributed by atoms with Crippen LogP contribution in [0.1, 0.15) is 6.92 Å². The number of hydrogen-bond acceptors (Lipinski definition) is 8. The summed E-state index contributed by atoms with van der Waals surface area (Å²) in [5.74, 6) is -0.109. The minimum absolute atomic E-state index is 0.123. The van der Waals surface area contributed by atoms with Gasteiger partial charge in [-0.25, -0.2) is 13.8 Å². The van der Waals surface area contributed by atoms with Gasteiger partial charge in [0.15, 0.2) is 5.57 Å². The van der Waals surface area contributed by atoms with Crippen LogP contribution in [0.4, 0.5) is 20.3 Å². The summed E-state index contributed by atoms with van der Waals surface area (Å²) in [6, 6.07) is 5.40. The molecule has 1 aliphatic heterocycles. The molecule has 176 valence electrons. The molecule has 9 nitrogen and oxygen atoms in total. The van der Waals surface area contributed by atoms with Crippen molar-refractivity contribution in [3.8, 4) is 6.07 Å². The molecule has 1 amide bonds. The molecule has 0 bridgehead atoms. The largest absolute Gasteiger partial charge is 0.360 e. The Balaban J connectivity index is 1.90. The SMILES string of the molecule is CCn1c(=C(C#N)C(=O)NCC(F)F)sc(=CNc2ccnc(N3CCN(C)CC3)c2)c1=O. The zero-order valence-corrected chi connectivity index (χ0v) is 19.2. The Morgan fingerprint density at radius 1 is 1.36 bits per heavy atom. The molecule has 12 heteroatoms. The maximum Gasteiger partial charge on any atom is 0.270 e. The Morgan fingerprint density at radius 3 is 2.73 bits per heavy atom. The van der Waals surface area contributed by atoms with Crippen LogP contribution in [-0.2, 0) is 11.3 Å². The van der Waals surface area contributed by atoms with E-state index in [9.17, 15) is 23.6 Å². The van der Waals surface area contributed by atoms with Crippen LogP contribution in [0.3, 0.4) is 0 Å². The highest BCUT2D eigenvalue weighted by Crippen LogP contribution is 2.17. The van der Waals surface area contributed by atoms with E-state index in [1.165, 1.54) is 10.8 Å². The van der Waals surface area contributed by atoms with E-state index < -0.39 is 18.9 Å². The van der Waals surface area contributed by atoms with Crippen molar-refractivity contribution < 1.29 is 13.6 Å². The number of halogens is 2. The van der Waals surface area contributed by atoms with Gasteiger partial charge in [0.2, 0.25) is 0 Å². The smallest absolute Gasteiger partial charge is 0.270 e. The Kier molecular flexibility index (Phi) is 8.13. The monoisotopic (exact) mass is 477 g/mol. The van der Waals surface area contributed by atoms with E-state index in [-0.39, 0.29) is 26.9 Å². The number of nitrogens with zero attached hydrogens (tertiary/aromatic N) is 5. The van der Waals surface area contributed by atoms with E-state index in [1.54, 1.807) is 25.3 Å². The molecule has 33 heavy (non-hydrogen) atoms. The standard InChI is InChI=1S/C21H25F2N7O2S/c1-3-30-20(32)16(33-21(30)15(11-24)19(31)27-13-17(22)23)12-26-14-4-5-25-18(10-14)29-8-6-28(2)7-9-29/h4-5,10,12,17H,3,6-9,13H2,1-2H3,(H,25,26)(H,27,31). The number of nitrogens with one attached hydrogen (secondary N) is 2. The number of carbonyl (C=O) groups is 1. The summed E-state index contributed by atoms with van der Waals surface area (Å²) < 4.78 is 26.5. The van der Waals surface area contributed by atoms with Crippen LogP contribution in [0.2, 0.25) is 0 Å². The molecule has 0 unspecified atom stereocenters. The van der Waals surface area contributed by atoms with Gasteiger partial charge in [0, 0.05) is 56.9 Å². The number of alkyl halides is 2. The molecule has 3 heterocycles. The normalized spacial score (nSPS) is 16.0. The quantitative estimate of drug-likeness (QED) is 0.578. The predicted molar refractivity (Wildman–Crippen MR) is 124 cm³/mol. The fourth-order valence-electron chi connectivity index (χ4n) is 3.31. The maximum absolute atomic E-state index is 12.8. The first-order valence-corrected chi connectivity index (χ1v) is 11.2. The molecule has 0 atom stereocenters. The number of carbonyl (C=O) groups excluding carboxylic acids is 1. The molecule has 2 aromatic rings. The van der Waals surface area contributed by atoms with Crippen molar-refractivity contribution in [3.05, 3.63) is 37.9 Å². The van der Waals surface area contributed by atoms with E-state index >= 15 is 0 Å². The van der Waals surface area contributed by atoms with E-state index in [0.717, 1.165) is 49.0 Å². The minimum Gasteiger partial charge on any atom is -0.360 e. The van der Waals surface area contributed by atoms with Gasteiger partial charge in [-0.2, -0.15) is 5.26 Å². The van der Waals surface area contributed by atoms with Gasteiger partial charge in [-0.15, -0.1) is 11.3 Å². The first-order chi connectivity index (χ1) is 15.8. The summed E-state index contributed by atoms with van der Waals surface area (Å²) in [5, 5.41) is 14.5. The second-order valence-electron chi connectivity index (χ2n) is 7.39. The molecule has 0 spiro atoms. The fraction of sp³-hybridized carbons (Fsp3) is 0.429. The van der Waals surface area contributed by atoms with Gasteiger partial charge in [-0.05, 0) is 20.0 Å². The van der Waals surface area contributed by atoms with E-state index in [1.807, 2.05) is 11.4 Å². The molecule has 0 radical (unpaired) electrons. The van der Waals surface area contributed by atoms with Gasteiger partial charge in [-0.3, -0.25) is 14.2 Å².